The number of nitrogens with zero attached hydrogens (tertiary/aromatic N) is 2. The molecule has 1 aromatic carbocycles. The standard InChI is InChI=1S/C23H33N5O2/c1-15(2)12-20-19(14-25)21(18-6-4-17(13-24)5-7-18)22(16(3)26-20)27-23(29)28-8-10-30-11-9-28/h4-7,15H,8-14,24-25H2,1-3H3,(H,27,29). The van der Waals surface area contributed by atoms with Crippen molar-refractivity contribution in [2.24, 2.45) is 17.4 Å². The second kappa shape index (κ2) is 10.0. The smallest absolute Gasteiger partial charge is 0.322 e. The van der Waals surface area contributed by atoms with Gasteiger partial charge >= 0.3 is 6.03 Å². The number of pyridine rings is 1. The van der Waals surface area contributed by atoms with E-state index in [0.29, 0.717) is 45.3 Å². The maximum Gasteiger partial charge on any atom is 0.322 e. The fourth-order valence-corrected chi connectivity index (χ4v) is 3.81. The molecule has 30 heavy (non-hydrogen) atoms. The summed E-state index contributed by atoms with van der Waals surface area (Å²) in [4.78, 5) is 19.6. The van der Waals surface area contributed by atoms with Crippen molar-refractivity contribution >= 4 is 11.7 Å². The lowest BCUT2D eigenvalue weighted by Gasteiger charge is -2.28. The SMILES string of the molecule is Cc1nc(CC(C)C)c(CN)c(-c2ccc(CN)cc2)c1NC(=O)N1CCOCC1. The number of nitrogens with two attached hydrogens (primary N) is 2. The van der Waals surface area contributed by atoms with Gasteiger partial charge in [-0.15, -0.1) is 0 Å². The van der Waals surface area contributed by atoms with Crippen LogP contribution in [0, 0.1) is 12.8 Å². The van der Waals surface area contributed by atoms with Crippen LogP contribution in [-0.4, -0.2) is 42.2 Å². The lowest BCUT2D eigenvalue weighted by Crippen LogP contribution is -2.43. The summed E-state index contributed by atoms with van der Waals surface area (Å²) in [5, 5.41) is 3.12. The third kappa shape index (κ3) is 4.98. The molecule has 2 aromatic rings. The van der Waals surface area contributed by atoms with E-state index < -0.39 is 0 Å². The molecule has 162 valence electrons. The molecule has 1 fully saturated rings. The van der Waals surface area contributed by atoms with Gasteiger partial charge in [0.05, 0.1) is 24.6 Å². The predicted molar refractivity (Wildman–Crippen MR) is 120 cm³/mol. The van der Waals surface area contributed by atoms with Crippen LogP contribution in [0.4, 0.5) is 10.5 Å². The Morgan fingerprint density at radius 1 is 1.17 bits per heavy atom. The molecule has 1 aromatic heterocycles. The number of benzene rings is 1. The molecule has 7 heteroatoms. The molecule has 0 bridgehead atoms. The molecule has 0 unspecified atom stereocenters. The van der Waals surface area contributed by atoms with Crippen LogP contribution in [0.5, 0.6) is 0 Å². The number of hydrogen-bond acceptors (Lipinski definition) is 5. The first-order chi connectivity index (χ1) is 14.4. The molecular weight excluding hydrogens is 378 g/mol. The van der Waals surface area contributed by atoms with Crippen molar-refractivity contribution < 1.29 is 9.53 Å². The summed E-state index contributed by atoms with van der Waals surface area (Å²) in [6.07, 6.45) is 0.832. The van der Waals surface area contributed by atoms with Crippen LogP contribution in [0.1, 0.15) is 36.4 Å². The van der Waals surface area contributed by atoms with Crippen LogP contribution in [-0.2, 0) is 24.2 Å². The van der Waals surface area contributed by atoms with E-state index in [1.165, 1.54) is 0 Å². The molecule has 2 heterocycles. The molecule has 0 atom stereocenters. The van der Waals surface area contributed by atoms with E-state index in [1.807, 2.05) is 31.2 Å². The van der Waals surface area contributed by atoms with Gasteiger partial charge in [0.2, 0.25) is 0 Å². The van der Waals surface area contributed by atoms with Crippen molar-refractivity contribution in [3.8, 4) is 11.1 Å². The van der Waals surface area contributed by atoms with Crippen molar-refractivity contribution in [3.63, 3.8) is 0 Å². The van der Waals surface area contributed by atoms with E-state index in [9.17, 15) is 4.79 Å². The Balaban J connectivity index is 2.09. The summed E-state index contributed by atoms with van der Waals surface area (Å²) < 4.78 is 5.37. The molecule has 1 aliphatic heterocycles. The normalized spacial score (nSPS) is 14.3. The van der Waals surface area contributed by atoms with Crippen molar-refractivity contribution in [3.05, 3.63) is 46.8 Å². The molecule has 7 nitrogen and oxygen atoms in total. The van der Waals surface area contributed by atoms with E-state index in [1.54, 1.807) is 4.90 Å². The molecular formula is C23H33N5O2. The topological polar surface area (TPSA) is 106 Å². The fourth-order valence-electron chi connectivity index (χ4n) is 3.81. The van der Waals surface area contributed by atoms with E-state index in [-0.39, 0.29) is 6.03 Å². The monoisotopic (exact) mass is 411 g/mol. The van der Waals surface area contributed by atoms with E-state index in [0.717, 1.165) is 45.7 Å². The fraction of sp³-hybridized carbons (Fsp3) is 0.478. The van der Waals surface area contributed by atoms with Gasteiger partial charge < -0.3 is 26.4 Å². The first-order valence-corrected chi connectivity index (χ1v) is 10.6. The highest BCUT2D eigenvalue weighted by molar-refractivity contribution is 5.96. The second-order valence-electron chi connectivity index (χ2n) is 8.11. The Labute approximate surface area is 178 Å². The van der Waals surface area contributed by atoms with Gasteiger partial charge in [0.25, 0.3) is 0 Å². The number of aromatic nitrogens is 1. The number of morpholine rings is 1. The minimum atomic E-state index is -0.136. The maximum absolute atomic E-state index is 12.9. The number of carbonyl (C=O) groups excluding carboxylic acids is 1. The third-order valence-corrected chi connectivity index (χ3v) is 5.38. The largest absolute Gasteiger partial charge is 0.378 e. The van der Waals surface area contributed by atoms with Crippen LogP contribution >= 0.6 is 0 Å². The highest BCUT2D eigenvalue weighted by Crippen LogP contribution is 2.36. The zero-order valence-corrected chi connectivity index (χ0v) is 18.2. The van der Waals surface area contributed by atoms with Crippen molar-refractivity contribution in [2.45, 2.75) is 40.3 Å². The number of hydrogen-bond donors (Lipinski definition) is 3. The van der Waals surface area contributed by atoms with Crippen molar-refractivity contribution in [1.29, 1.82) is 0 Å². The van der Waals surface area contributed by atoms with Crippen LogP contribution in [0.2, 0.25) is 0 Å². The number of anilines is 1. The molecule has 0 spiro atoms. The number of ether oxygens (including phenoxy) is 1. The quantitative estimate of drug-likeness (QED) is 0.677. The summed E-state index contributed by atoms with van der Waals surface area (Å²) in [5.41, 5.74) is 18.5. The molecule has 0 aliphatic carbocycles. The van der Waals surface area contributed by atoms with Gasteiger partial charge in [-0.2, -0.15) is 0 Å². The Kier molecular flexibility index (Phi) is 7.42. The number of rotatable bonds is 6. The molecule has 3 rings (SSSR count). The summed E-state index contributed by atoms with van der Waals surface area (Å²) in [5.74, 6) is 0.448. The zero-order valence-electron chi connectivity index (χ0n) is 18.2. The third-order valence-electron chi connectivity index (χ3n) is 5.38. The Morgan fingerprint density at radius 2 is 1.83 bits per heavy atom. The molecule has 0 radical (unpaired) electrons. The van der Waals surface area contributed by atoms with Gasteiger partial charge in [-0.3, -0.25) is 4.98 Å². The highest BCUT2D eigenvalue weighted by atomic mass is 16.5. The minimum Gasteiger partial charge on any atom is -0.378 e. The van der Waals surface area contributed by atoms with Crippen LogP contribution in [0.15, 0.2) is 24.3 Å². The number of nitrogens with one attached hydrogen (secondary N) is 1. The van der Waals surface area contributed by atoms with Crippen molar-refractivity contribution in [1.82, 2.24) is 9.88 Å². The number of carbonyl (C=O) groups is 1. The van der Waals surface area contributed by atoms with Crippen molar-refractivity contribution in [2.75, 3.05) is 31.6 Å². The van der Waals surface area contributed by atoms with Gasteiger partial charge in [-0.25, -0.2) is 4.79 Å². The molecule has 1 saturated heterocycles. The summed E-state index contributed by atoms with van der Waals surface area (Å²) in [7, 11) is 0. The minimum absolute atomic E-state index is 0.136. The van der Waals surface area contributed by atoms with Gasteiger partial charge in [-0.1, -0.05) is 38.1 Å². The molecule has 0 saturated carbocycles. The average molecular weight is 412 g/mol. The van der Waals surface area contributed by atoms with Gasteiger partial charge in [0.1, 0.15) is 0 Å². The Bertz CT molecular complexity index is 874. The summed E-state index contributed by atoms with van der Waals surface area (Å²) in [6, 6.07) is 7.98. The van der Waals surface area contributed by atoms with Gasteiger partial charge in [0, 0.05) is 37.4 Å². The molecule has 1 aliphatic rings. The highest BCUT2D eigenvalue weighted by Gasteiger charge is 2.23. The Morgan fingerprint density at radius 3 is 2.40 bits per heavy atom. The number of amides is 2. The first kappa shape index (κ1) is 22.2. The van der Waals surface area contributed by atoms with Gasteiger partial charge in [0.15, 0.2) is 0 Å². The van der Waals surface area contributed by atoms with Crippen LogP contribution < -0.4 is 16.8 Å². The van der Waals surface area contributed by atoms with E-state index in [2.05, 4.69) is 19.2 Å². The first-order valence-electron chi connectivity index (χ1n) is 10.6. The average Bonchev–Trinajstić information content (AvgIpc) is 2.75. The lowest BCUT2D eigenvalue weighted by molar-refractivity contribution is 0.0564. The second-order valence-corrected chi connectivity index (χ2v) is 8.11. The number of urea groups is 1. The Hall–Kier alpha value is -2.48. The summed E-state index contributed by atoms with van der Waals surface area (Å²) >= 11 is 0. The van der Waals surface area contributed by atoms with Crippen LogP contribution in [0.3, 0.4) is 0 Å². The molecule has 2 amide bonds. The maximum atomic E-state index is 12.9. The van der Waals surface area contributed by atoms with Crippen LogP contribution in [0.25, 0.3) is 11.1 Å². The zero-order chi connectivity index (χ0) is 21.7. The lowest BCUT2D eigenvalue weighted by atomic mass is 9.92. The van der Waals surface area contributed by atoms with E-state index >= 15 is 0 Å². The predicted octanol–water partition coefficient (Wildman–Crippen LogP) is 3.04. The number of aryl methyl sites for hydroxylation is 1. The van der Waals surface area contributed by atoms with Gasteiger partial charge in [-0.05, 0) is 36.0 Å². The molecule has 5 N–H and O–H groups in total. The summed E-state index contributed by atoms with van der Waals surface area (Å²) in [6.45, 7) is 9.38. The van der Waals surface area contributed by atoms with E-state index in [4.69, 9.17) is 21.2 Å².